The molecule has 0 aliphatic heterocycles. The molecule has 2 atom stereocenters. The first kappa shape index (κ1) is 14.3. The van der Waals surface area contributed by atoms with Crippen molar-refractivity contribution < 1.29 is 5.11 Å². The Balaban J connectivity index is 2.13. The molecule has 0 spiro atoms. The van der Waals surface area contributed by atoms with Crippen LogP contribution in [-0.2, 0) is 0 Å². The third-order valence-electron chi connectivity index (χ3n) is 4.25. The smallest absolute Gasteiger partial charge is 0.0818 e. The van der Waals surface area contributed by atoms with Crippen molar-refractivity contribution in [2.45, 2.75) is 63.9 Å². The molecule has 2 rings (SSSR count). The number of allylic oxidation sites excluding steroid dienone is 1. The van der Waals surface area contributed by atoms with Crippen molar-refractivity contribution in [1.82, 2.24) is 0 Å². The minimum Gasteiger partial charge on any atom is -0.388 e. The molecule has 19 heavy (non-hydrogen) atoms. The Kier molecular flexibility index (Phi) is 5.65. The van der Waals surface area contributed by atoms with Gasteiger partial charge >= 0.3 is 0 Å². The van der Waals surface area contributed by atoms with Crippen LogP contribution >= 0.6 is 0 Å². The van der Waals surface area contributed by atoms with Crippen LogP contribution in [0.2, 0.25) is 0 Å². The topological polar surface area (TPSA) is 20.2 Å². The standard InChI is InChI=1S/C18H26O/c1-2-17(15-11-9-6-10-12-15)18(19)16-13-7-4-3-5-8-14-16/h6,9-13,17-19H,2-5,7-8,14H2,1H3/b16-13+. The third kappa shape index (κ3) is 3.94. The van der Waals surface area contributed by atoms with Crippen LogP contribution in [0, 0.1) is 0 Å². The van der Waals surface area contributed by atoms with Crippen LogP contribution in [0.3, 0.4) is 0 Å². The van der Waals surface area contributed by atoms with Gasteiger partial charge in [0.1, 0.15) is 0 Å². The zero-order chi connectivity index (χ0) is 13.5. The highest BCUT2D eigenvalue weighted by atomic mass is 16.3. The van der Waals surface area contributed by atoms with Crippen LogP contribution in [0.25, 0.3) is 0 Å². The second kappa shape index (κ2) is 7.49. The largest absolute Gasteiger partial charge is 0.388 e. The van der Waals surface area contributed by atoms with E-state index in [1.807, 2.05) is 6.07 Å². The first-order valence-corrected chi connectivity index (χ1v) is 7.75. The number of hydrogen-bond acceptors (Lipinski definition) is 1. The molecule has 1 aliphatic carbocycles. The molecule has 0 bridgehead atoms. The average molecular weight is 258 g/mol. The molecule has 1 aromatic rings. The number of aliphatic hydroxyl groups excluding tert-OH is 1. The van der Waals surface area contributed by atoms with Crippen LogP contribution in [0.15, 0.2) is 42.0 Å². The van der Waals surface area contributed by atoms with Crippen LogP contribution in [0.1, 0.15) is 63.4 Å². The van der Waals surface area contributed by atoms with Crippen LogP contribution in [0.5, 0.6) is 0 Å². The summed E-state index contributed by atoms with van der Waals surface area (Å²) in [7, 11) is 0. The van der Waals surface area contributed by atoms with E-state index in [1.54, 1.807) is 0 Å². The van der Waals surface area contributed by atoms with E-state index in [-0.39, 0.29) is 12.0 Å². The summed E-state index contributed by atoms with van der Waals surface area (Å²) in [5, 5.41) is 10.7. The van der Waals surface area contributed by atoms with Crippen molar-refractivity contribution in [3.63, 3.8) is 0 Å². The summed E-state index contributed by atoms with van der Waals surface area (Å²) in [4.78, 5) is 0. The Labute approximate surface area is 117 Å². The minimum atomic E-state index is -0.300. The van der Waals surface area contributed by atoms with Gasteiger partial charge in [0.2, 0.25) is 0 Å². The minimum absolute atomic E-state index is 0.242. The van der Waals surface area contributed by atoms with E-state index in [0.29, 0.717) is 0 Å². The van der Waals surface area contributed by atoms with E-state index in [9.17, 15) is 5.11 Å². The van der Waals surface area contributed by atoms with Gasteiger partial charge in [-0.2, -0.15) is 0 Å². The molecule has 0 heterocycles. The lowest BCUT2D eigenvalue weighted by Gasteiger charge is -2.25. The number of rotatable bonds is 4. The van der Waals surface area contributed by atoms with Crippen molar-refractivity contribution in [1.29, 1.82) is 0 Å². The molecule has 0 amide bonds. The highest BCUT2D eigenvalue weighted by Gasteiger charge is 2.22. The fourth-order valence-corrected chi connectivity index (χ4v) is 3.09. The normalized spacial score (nSPS) is 22.7. The summed E-state index contributed by atoms with van der Waals surface area (Å²) in [6, 6.07) is 10.5. The van der Waals surface area contributed by atoms with E-state index in [2.05, 4.69) is 37.3 Å². The second-order valence-electron chi connectivity index (χ2n) is 5.60. The fraction of sp³-hybridized carbons (Fsp3) is 0.556. The average Bonchev–Trinajstić information content (AvgIpc) is 2.40. The van der Waals surface area contributed by atoms with Crippen LogP contribution < -0.4 is 0 Å². The van der Waals surface area contributed by atoms with E-state index in [0.717, 1.165) is 19.3 Å². The summed E-state index contributed by atoms with van der Waals surface area (Å²) in [5.74, 6) is 0.242. The SMILES string of the molecule is CCC(c1ccccc1)C(O)/C1=C/CCCCCC1. The molecular weight excluding hydrogens is 232 g/mol. The van der Waals surface area contributed by atoms with Gasteiger partial charge in [-0.1, -0.05) is 56.2 Å². The Morgan fingerprint density at radius 2 is 1.79 bits per heavy atom. The highest BCUT2D eigenvalue weighted by Crippen LogP contribution is 2.31. The van der Waals surface area contributed by atoms with Gasteiger partial charge in [0.25, 0.3) is 0 Å². The maximum atomic E-state index is 10.7. The summed E-state index contributed by atoms with van der Waals surface area (Å²) >= 11 is 0. The first-order chi connectivity index (χ1) is 9.33. The lowest BCUT2D eigenvalue weighted by atomic mass is 9.84. The zero-order valence-electron chi connectivity index (χ0n) is 12.0. The number of aliphatic hydroxyl groups is 1. The maximum absolute atomic E-state index is 10.7. The molecule has 104 valence electrons. The summed E-state index contributed by atoms with van der Waals surface area (Å²) in [6.45, 7) is 2.17. The molecule has 1 N–H and O–H groups in total. The Morgan fingerprint density at radius 3 is 2.53 bits per heavy atom. The van der Waals surface area contributed by atoms with Gasteiger partial charge in [0.15, 0.2) is 0 Å². The predicted molar refractivity (Wildman–Crippen MR) is 81.3 cm³/mol. The monoisotopic (exact) mass is 258 g/mol. The van der Waals surface area contributed by atoms with Gasteiger partial charge in [-0.15, -0.1) is 0 Å². The van der Waals surface area contributed by atoms with E-state index >= 15 is 0 Å². The Hall–Kier alpha value is -1.08. The molecule has 0 saturated carbocycles. The second-order valence-corrected chi connectivity index (χ2v) is 5.60. The molecule has 0 radical (unpaired) electrons. The van der Waals surface area contributed by atoms with Crippen molar-refractivity contribution in [3.8, 4) is 0 Å². The fourth-order valence-electron chi connectivity index (χ4n) is 3.09. The molecule has 1 nitrogen and oxygen atoms in total. The van der Waals surface area contributed by atoms with Crippen molar-refractivity contribution >= 4 is 0 Å². The lowest BCUT2D eigenvalue weighted by Crippen LogP contribution is -2.21. The highest BCUT2D eigenvalue weighted by molar-refractivity contribution is 5.25. The zero-order valence-corrected chi connectivity index (χ0v) is 12.0. The molecule has 0 aromatic heterocycles. The van der Waals surface area contributed by atoms with Crippen LogP contribution in [-0.4, -0.2) is 11.2 Å². The number of benzene rings is 1. The third-order valence-corrected chi connectivity index (χ3v) is 4.25. The van der Waals surface area contributed by atoms with Crippen LogP contribution in [0.4, 0.5) is 0 Å². The molecular formula is C18H26O. The molecule has 2 unspecified atom stereocenters. The van der Waals surface area contributed by atoms with E-state index in [1.165, 1.54) is 36.8 Å². The van der Waals surface area contributed by atoms with Crippen molar-refractivity contribution in [2.75, 3.05) is 0 Å². The number of hydrogen-bond donors (Lipinski definition) is 1. The first-order valence-electron chi connectivity index (χ1n) is 7.75. The van der Waals surface area contributed by atoms with Gasteiger partial charge in [0, 0.05) is 5.92 Å². The molecule has 1 aliphatic rings. The Bertz CT molecular complexity index is 393. The summed E-state index contributed by atoms with van der Waals surface area (Å²) in [5.41, 5.74) is 2.54. The quantitative estimate of drug-likeness (QED) is 0.767. The van der Waals surface area contributed by atoms with Gasteiger partial charge in [-0.05, 0) is 43.2 Å². The van der Waals surface area contributed by atoms with Crippen molar-refractivity contribution in [2.24, 2.45) is 0 Å². The Morgan fingerprint density at radius 1 is 1.05 bits per heavy atom. The lowest BCUT2D eigenvalue weighted by molar-refractivity contribution is 0.170. The molecule has 0 fully saturated rings. The van der Waals surface area contributed by atoms with E-state index in [4.69, 9.17) is 0 Å². The molecule has 1 aromatic carbocycles. The van der Waals surface area contributed by atoms with Crippen molar-refractivity contribution in [3.05, 3.63) is 47.5 Å². The van der Waals surface area contributed by atoms with E-state index < -0.39 is 0 Å². The van der Waals surface area contributed by atoms with Gasteiger partial charge in [-0.25, -0.2) is 0 Å². The van der Waals surface area contributed by atoms with Gasteiger partial charge in [-0.3, -0.25) is 0 Å². The van der Waals surface area contributed by atoms with Gasteiger partial charge < -0.3 is 5.11 Å². The maximum Gasteiger partial charge on any atom is 0.0818 e. The molecule has 1 heteroatoms. The molecule has 0 saturated heterocycles. The summed E-state index contributed by atoms with van der Waals surface area (Å²) < 4.78 is 0. The van der Waals surface area contributed by atoms with Gasteiger partial charge in [0.05, 0.1) is 6.10 Å². The summed E-state index contributed by atoms with van der Waals surface area (Å²) in [6.07, 6.45) is 10.4. The predicted octanol–water partition coefficient (Wildman–Crippen LogP) is 4.82.